The van der Waals surface area contributed by atoms with E-state index in [1.807, 2.05) is 0 Å². The average molecular weight is 373 g/mol. The molecule has 26 heavy (non-hydrogen) atoms. The Hall–Kier alpha value is -0.450. The van der Waals surface area contributed by atoms with Crippen LogP contribution in [0.15, 0.2) is 0 Å². The third kappa shape index (κ3) is 21.6. The van der Waals surface area contributed by atoms with Crippen LogP contribution >= 0.6 is 0 Å². The predicted molar refractivity (Wildman–Crippen MR) is 109 cm³/mol. The minimum atomic E-state index is 0.369. The van der Waals surface area contributed by atoms with Crippen LogP contribution in [-0.2, 0) is 19.0 Å². The number of rotatable bonds is 18. The first-order chi connectivity index (χ1) is 12.3. The van der Waals surface area contributed by atoms with Crippen LogP contribution in [0.3, 0.4) is 0 Å². The van der Waals surface area contributed by atoms with Gasteiger partial charge in [-0.2, -0.15) is 0 Å². The largest absolute Gasteiger partial charge is 0.379 e. The highest BCUT2D eigenvalue weighted by Gasteiger charge is 2.10. The fraction of sp³-hybridized carbons (Fsp3) is 0.955. The first kappa shape index (κ1) is 25.6. The molecule has 0 bridgehead atoms. The summed E-state index contributed by atoms with van der Waals surface area (Å²) in [6.07, 6.45) is 7.86. The average Bonchev–Trinajstić information content (AvgIpc) is 2.54. The van der Waals surface area contributed by atoms with Crippen molar-refractivity contribution in [2.75, 3.05) is 39.6 Å². The Bertz CT molecular complexity index is 321. The summed E-state index contributed by atoms with van der Waals surface area (Å²) < 4.78 is 16.5. The predicted octanol–water partition coefficient (Wildman–Crippen LogP) is 5.43. The van der Waals surface area contributed by atoms with Crippen molar-refractivity contribution in [3.05, 3.63) is 0 Å². The second-order valence-corrected chi connectivity index (χ2v) is 8.78. The van der Waals surface area contributed by atoms with Crippen molar-refractivity contribution in [3.63, 3.8) is 0 Å². The maximum absolute atomic E-state index is 11.8. The molecule has 0 unspecified atom stereocenters. The van der Waals surface area contributed by atoms with Crippen molar-refractivity contribution in [1.82, 2.24) is 0 Å². The molecule has 0 radical (unpaired) electrons. The molecule has 156 valence electrons. The Balaban J connectivity index is 3.20. The van der Waals surface area contributed by atoms with Gasteiger partial charge in [0.2, 0.25) is 0 Å². The van der Waals surface area contributed by atoms with Crippen LogP contribution in [0.2, 0.25) is 0 Å². The molecule has 0 fully saturated rings. The molecule has 0 atom stereocenters. The van der Waals surface area contributed by atoms with Gasteiger partial charge in [-0.05, 0) is 43.4 Å². The lowest BCUT2D eigenvalue weighted by Crippen LogP contribution is -2.11. The second kappa shape index (κ2) is 16.7. The molecule has 0 heterocycles. The minimum Gasteiger partial charge on any atom is -0.379 e. The van der Waals surface area contributed by atoms with E-state index in [1.54, 1.807) is 0 Å². The molecule has 0 aliphatic carbocycles. The Labute approximate surface area is 162 Å². The third-order valence-corrected chi connectivity index (χ3v) is 4.19. The molecule has 0 rings (SSSR count). The number of Topliss-reactive ketones (excluding diaryl/α,β-unsaturated/α-hetero) is 1. The Kier molecular flexibility index (Phi) is 16.4. The zero-order valence-electron chi connectivity index (χ0n) is 18.1. The van der Waals surface area contributed by atoms with Crippen molar-refractivity contribution in [2.45, 2.75) is 86.0 Å². The lowest BCUT2D eigenvalue weighted by atomic mass is 9.89. The molecular formula is C22H44O4. The number of unbranched alkanes of at least 4 members (excludes halogenated alkanes) is 1. The first-order valence-electron chi connectivity index (χ1n) is 10.6. The first-order valence-corrected chi connectivity index (χ1v) is 10.6. The summed E-state index contributed by atoms with van der Waals surface area (Å²) in [5.74, 6) is 1.11. The van der Waals surface area contributed by atoms with Gasteiger partial charge in [-0.1, -0.05) is 41.0 Å². The zero-order valence-corrected chi connectivity index (χ0v) is 18.1. The monoisotopic (exact) mass is 372 g/mol. The fourth-order valence-electron chi connectivity index (χ4n) is 2.61. The maximum atomic E-state index is 11.8. The molecule has 4 heteroatoms. The molecule has 0 spiro atoms. The molecule has 0 saturated carbocycles. The van der Waals surface area contributed by atoms with Gasteiger partial charge in [-0.25, -0.2) is 0 Å². The number of ether oxygens (including phenoxy) is 3. The summed E-state index contributed by atoms with van der Waals surface area (Å²) in [4.78, 5) is 11.8. The quantitative estimate of drug-likeness (QED) is 0.301. The number of hydrogen-bond acceptors (Lipinski definition) is 4. The summed E-state index contributed by atoms with van der Waals surface area (Å²) in [7, 11) is 0. The topological polar surface area (TPSA) is 44.8 Å². The van der Waals surface area contributed by atoms with Crippen LogP contribution in [0.25, 0.3) is 0 Å². The molecule has 0 aliphatic rings. The van der Waals surface area contributed by atoms with Gasteiger partial charge in [0.25, 0.3) is 0 Å². The fourth-order valence-corrected chi connectivity index (χ4v) is 2.61. The highest BCUT2D eigenvalue weighted by molar-refractivity contribution is 5.78. The molecule has 4 nitrogen and oxygen atoms in total. The van der Waals surface area contributed by atoms with Gasteiger partial charge in [0.1, 0.15) is 5.78 Å². The van der Waals surface area contributed by atoms with Gasteiger partial charge in [0.15, 0.2) is 0 Å². The summed E-state index contributed by atoms with van der Waals surface area (Å²) >= 11 is 0. The van der Waals surface area contributed by atoms with Crippen molar-refractivity contribution in [2.24, 2.45) is 11.3 Å². The van der Waals surface area contributed by atoms with E-state index in [1.165, 1.54) is 12.8 Å². The Morgan fingerprint density at radius 1 is 0.731 bits per heavy atom. The van der Waals surface area contributed by atoms with Crippen LogP contribution in [0.5, 0.6) is 0 Å². The van der Waals surface area contributed by atoms with E-state index in [4.69, 9.17) is 14.2 Å². The van der Waals surface area contributed by atoms with Gasteiger partial charge >= 0.3 is 0 Å². The molecule has 0 amide bonds. The number of carbonyl (C=O) groups is 1. The molecular weight excluding hydrogens is 328 g/mol. The number of carbonyl (C=O) groups excluding carboxylic acids is 1. The van der Waals surface area contributed by atoms with Crippen LogP contribution in [0, 0.1) is 11.3 Å². The number of ketones is 1. The summed E-state index contributed by atoms with van der Waals surface area (Å²) in [6.45, 7) is 15.1. The molecule has 0 aromatic carbocycles. The molecule has 0 aromatic rings. The Morgan fingerprint density at radius 3 is 1.77 bits per heavy atom. The van der Waals surface area contributed by atoms with E-state index < -0.39 is 0 Å². The molecule has 0 aliphatic heterocycles. The highest BCUT2D eigenvalue weighted by atomic mass is 16.5. The van der Waals surface area contributed by atoms with E-state index in [9.17, 15) is 4.79 Å². The lowest BCUT2D eigenvalue weighted by molar-refractivity contribution is -0.119. The van der Waals surface area contributed by atoms with Crippen molar-refractivity contribution in [1.29, 1.82) is 0 Å². The van der Waals surface area contributed by atoms with Crippen LogP contribution in [0.4, 0.5) is 0 Å². The van der Waals surface area contributed by atoms with Crippen LogP contribution < -0.4 is 0 Å². The van der Waals surface area contributed by atoms with Crippen LogP contribution in [0.1, 0.15) is 86.0 Å². The van der Waals surface area contributed by atoms with E-state index in [2.05, 4.69) is 34.6 Å². The SMILES string of the molecule is CC(C)CCCOCCOCCOCCCC(=O)CCCCC(C)(C)C. The standard InChI is InChI=1S/C22H44O4/c1-20(2)10-8-14-24-16-18-26-19-17-25-15-9-12-21(23)11-6-7-13-22(3,4)5/h20H,6-19H2,1-5H3. The van der Waals surface area contributed by atoms with E-state index in [0.29, 0.717) is 50.7 Å². The maximum Gasteiger partial charge on any atom is 0.132 e. The van der Waals surface area contributed by atoms with Crippen molar-refractivity contribution < 1.29 is 19.0 Å². The normalized spacial score (nSPS) is 12.1. The van der Waals surface area contributed by atoms with Gasteiger partial charge in [0.05, 0.1) is 26.4 Å². The van der Waals surface area contributed by atoms with Crippen molar-refractivity contribution >= 4 is 5.78 Å². The van der Waals surface area contributed by atoms with Gasteiger partial charge in [-0.3, -0.25) is 4.79 Å². The molecule has 0 aromatic heterocycles. The van der Waals surface area contributed by atoms with Gasteiger partial charge in [-0.15, -0.1) is 0 Å². The Morgan fingerprint density at radius 2 is 1.23 bits per heavy atom. The van der Waals surface area contributed by atoms with E-state index in [0.717, 1.165) is 44.6 Å². The smallest absolute Gasteiger partial charge is 0.132 e. The lowest BCUT2D eigenvalue weighted by Gasteiger charge is -2.17. The zero-order chi connectivity index (χ0) is 19.7. The minimum absolute atomic E-state index is 0.369. The molecule has 0 saturated heterocycles. The van der Waals surface area contributed by atoms with Gasteiger partial charge < -0.3 is 14.2 Å². The van der Waals surface area contributed by atoms with Gasteiger partial charge in [0, 0.05) is 26.1 Å². The summed E-state index contributed by atoms with van der Waals surface area (Å²) in [6, 6.07) is 0. The summed E-state index contributed by atoms with van der Waals surface area (Å²) in [5.41, 5.74) is 0.374. The van der Waals surface area contributed by atoms with E-state index in [-0.39, 0.29) is 0 Å². The van der Waals surface area contributed by atoms with Crippen molar-refractivity contribution in [3.8, 4) is 0 Å². The second-order valence-electron chi connectivity index (χ2n) is 8.78. The highest BCUT2D eigenvalue weighted by Crippen LogP contribution is 2.22. The summed E-state index contributed by atoms with van der Waals surface area (Å²) in [5, 5.41) is 0. The van der Waals surface area contributed by atoms with E-state index >= 15 is 0 Å². The number of hydrogen-bond donors (Lipinski definition) is 0. The van der Waals surface area contributed by atoms with Crippen LogP contribution in [-0.4, -0.2) is 45.4 Å². The third-order valence-electron chi connectivity index (χ3n) is 4.19. The molecule has 0 N–H and O–H groups in total.